The van der Waals surface area contributed by atoms with Gasteiger partial charge >= 0.3 is 6.03 Å². The Labute approximate surface area is 115 Å². The van der Waals surface area contributed by atoms with Gasteiger partial charge in [-0.2, -0.15) is 0 Å². The number of hydrogen-bond acceptors (Lipinski definition) is 3. The number of rotatable bonds is 3. The highest BCUT2D eigenvalue weighted by molar-refractivity contribution is 5.91. The predicted molar refractivity (Wildman–Crippen MR) is 76.2 cm³/mol. The van der Waals surface area contributed by atoms with Gasteiger partial charge in [0.15, 0.2) is 0 Å². The molecule has 0 bridgehead atoms. The second-order valence-electron chi connectivity index (χ2n) is 4.26. The third kappa shape index (κ3) is 2.74. The normalized spacial score (nSPS) is 10.4. The van der Waals surface area contributed by atoms with E-state index in [2.05, 4.69) is 25.6 Å². The molecule has 0 aliphatic heterocycles. The van der Waals surface area contributed by atoms with Gasteiger partial charge < -0.3 is 15.6 Å². The van der Waals surface area contributed by atoms with Gasteiger partial charge in [0.25, 0.3) is 0 Å². The number of nitrogens with one attached hydrogen (secondary N) is 3. The topological polar surface area (TPSA) is 82.7 Å². The van der Waals surface area contributed by atoms with Gasteiger partial charge in [0.2, 0.25) is 0 Å². The Morgan fingerprint density at radius 2 is 2.15 bits per heavy atom. The molecule has 2 amide bonds. The molecule has 2 heterocycles. The van der Waals surface area contributed by atoms with E-state index in [0.29, 0.717) is 12.2 Å². The minimum Gasteiger partial charge on any atom is -0.345 e. The maximum atomic E-state index is 11.8. The Morgan fingerprint density at radius 1 is 1.20 bits per heavy atom. The third-order valence-electron chi connectivity index (χ3n) is 2.83. The first kappa shape index (κ1) is 12.2. The van der Waals surface area contributed by atoms with E-state index in [-0.39, 0.29) is 6.03 Å². The molecule has 3 N–H and O–H groups in total. The summed E-state index contributed by atoms with van der Waals surface area (Å²) in [6.45, 7) is 0.388. The van der Waals surface area contributed by atoms with Crippen LogP contribution in [0.2, 0.25) is 0 Å². The maximum Gasteiger partial charge on any atom is 0.319 e. The molecule has 0 unspecified atom stereocenters. The van der Waals surface area contributed by atoms with E-state index >= 15 is 0 Å². The van der Waals surface area contributed by atoms with Crippen molar-refractivity contribution in [3.05, 3.63) is 54.6 Å². The van der Waals surface area contributed by atoms with Gasteiger partial charge in [0.1, 0.15) is 0 Å². The number of anilines is 1. The van der Waals surface area contributed by atoms with Crippen LogP contribution >= 0.6 is 0 Å². The van der Waals surface area contributed by atoms with Gasteiger partial charge in [0.05, 0.1) is 29.6 Å². The molecule has 0 atom stereocenters. The van der Waals surface area contributed by atoms with Crippen LogP contribution in [0.3, 0.4) is 0 Å². The quantitative estimate of drug-likeness (QED) is 0.680. The Bertz CT molecular complexity index is 723. The van der Waals surface area contributed by atoms with Gasteiger partial charge in [-0.05, 0) is 30.3 Å². The van der Waals surface area contributed by atoms with Crippen molar-refractivity contribution in [2.45, 2.75) is 6.54 Å². The summed E-state index contributed by atoms with van der Waals surface area (Å²) in [5, 5.41) is 5.52. The summed E-state index contributed by atoms with van der Waals surface area (Å²) in [4.78, 5) is 23.0. The largest absolute Gasteiger partial charge is 0.345 e. The molecule has 6 nitrogen and oxygen atoms in total. The molecular formula is C14H13N5O. The second-order valence-corrected chi connectivity index (χ2v) is 4.26. The Balaban J connectivity index is 1.61. The van der Waals surface area contributed by atoms with Crippen LogP contribution < -0.4 is 10.6 Å². The number of aromatic amines is 1. The number of pyridine rings is 1. The molecule has 2 aromatic heterocycles. The Kier molecular flexibility index (Phi) is 3.28. The van der Waals surface area contributed by atoms with Crippen LogP contribution in [0.5, 0.6) is 0 Å². The SMILES string of the molecule is O=C(NCc1ccccn1)Nc1ccc2nc[nH]c2c1. The van der Waals surface area contributed by atoms with E-state index < -0.39 is 0 Å². The number of hydrogen-bond donors (Lipinski definition) is 3. The average molecular weight is 267 g/mol. The fraction of sp³-hybridized carbons (Fsp3) is 0.0714. The maximum absolute atomic E-state index is 11.8. The molecule has 0 radical (unpaired) electrons. The van der Waals surface area contributed by atoms with Gasteiger partial charge in [-0.15, -0.1) is 0 Å². The minimum atomic E-state index is -0.269. The molecule has 6 heteroatoms. The fourth-order valence-corrected chi connectivity index (χ4v) is 1.86. The molecule has 0 saturated carbocycles. The summed E-state index contributed by atoms with van der Waals surface area (Å²) < 4.78 is 0. The lowest BCUT2D eigenvalue weighted by Crippen LogP contribution is -2.28. The second kappa shape index (κ2) is 5.40. The number of benzene rings is 1. The summed E-state index contributed by atoms with van der Waals surface area (Å²) >= 11 is 0. The van der Waals surface area contributed by atoms with Gasteiger partial charge in [-0.1, -0.05) is 6.07 Å². The summed E-state index contributed by atoms with van der Waals surface area (Å²) in [7, 11) is 0. The van der Waals surface area contributed by atoms with Crippen molar-refractivity contribution in [3.8, 4) is 0 Å². The van der Waals surface area contributed by atoms with Crippen LogP contribution in [0.15, 0.2) is 48.9 Å². The number of carbonyl (C=O) groups is 1. The highest BCUT2D eigenvalue weighted by Gasteiger charge is 2.03. The van der Waals surface area contributed by atoms with Crippen molar-refractivity contribution in [2.24, 2.45) is 0 Å². The van der Waals surface area contributed by atoms with Gasteiger partial charge in [0, 0.05) is 11.9 Å². The van der Waals surface area contributed by atoms with Crippen LogP contribution in [0.4, 0.5) is 10.5 Å². The molecule has 0 aliphatic carbocycles. The molecule has 100 valence electrons. The monoisotopic (exact) mass is 267 g/mol. The zero-order valence-corrected chi connectivity index (χ0v) is 10.6. The van der Waals surface area contributed by atoms with Crippen LogP contribution in [0.1, 0.15) is 5.69 Å². The molecule has 0 saturated heterocycles. The fourth-order valence-electron chi connectivity index (χ4n) is 1.86. The molecule has 0 spiro atoms. The first-order valence-corrected chi connectivity index (χ1v) is 6.19. The number of H-pyrrole nitrogens is 1. The van der Waals surface area contributed by atoms with Crippen LogP contribution in [0, 0.1) is 0 Å². The average Bonchev–Trinajstić information content (AvgIpc) is 2.94. The molecule has 3 rings (SSSR count). The highest BCUT2D eigenvalue weighted by atomic mass is 16.2. The predicted octanol–water partition coefficient (Wildman–Crippen LogP) is 2.28. The third-order valence-corrected chi connectivity index (χ3v) is 2.83. The summed E-state index contributed by atoms with van der Waals surface area (Å²) in [5.74, 6) is 0. The zero-order chi connectivity index (χ0) is 13.8. The van der Waals surface area contributed by atoms with Crippen molar-refractivity contribution < 1.29 is 4.79 Å². The van der Waals surface area contributed by atoms with Crippen molar-refractivity contribution in [1.82, 2.24) is 20.3 Å². The number of aromatic nitrogens is 3. The van der Waals surface area contributed by atoms with Crippen LogP contribution in [-0.4, -0.2) is 21.0 Å². The van der Waals surface area contributed by atoms with Crippen molar-refractivity contribution in [1.29, 1.82) is 0 Å². The van der Waals surface area contributed by atoms with E-state index in [1.54, 1.807) is 12.5 Å². The van der Waals surface area contributed by atoms with Crippen molar-refractivity contribution in [2.75, 3.05) is 5.32 Å². The Hall–Kier alpha value is -2.89. The van der Waals surface area contributed by atoms with E-state index in [0.717, 1.165) is 16.7 Å². The molecule has 0 fully saturated rings. The van der Waals surface area contributed by atoms with Crippen LogP contribution in [-0.2, 0) is 6.54 Å². The molecule has 0 aliphatic rings. The highest BCUT2D eigenvalue weighted by Crippen LogP contribution is 2.15. The number of urea groups is 1. The first-order chi connectivity index (χ1) is 9.81. The molecule has 20 heavy (non-hydrogen) atoms. The van der Waals surface area contributed by atoms with E-state index in [1.807, 2.05) is 36.4 Å². The standard InChI is InChI=1S/C14H13N5O/c20-14(16-8-11-3-1-2-6-15-11)19-10-4-5-12-13(7-10)18-9-17-12/h1-7,9H,8H2,(H,17,18)(H2,16,19,20). The summed E-state index contributed by atoms with van der Waals surface area (Å²) in [6, 6.07) is 10.8. The lowest BCUT2D eigenvalue weighted by Gasteiger charge is -2.07. The lowest BCUT2D eigenvalue weighted by atomic mass is 10.3. The first-order valence-electron chi connectivity index (χ1n) is 6.19. The molecular weight excluding hydrogens is 254 g/mol. The van der Waals surface area contributed by atoms with Crippen molar-refractivity contribution in [3.63, 3.8) is 0 Å². The number of nitrogens with zero attached hydrogens (tertiary/aromatic N) is 2. The zero-order valence-electron chi connectivity index (χ0n) is 10.6. The van der Waals surface area contributed by atoms with E-state index in [1.165, 1.54) is 0 Å². The Morgan fingerprint density at radius 3 is 3.00 bits per heavy atom. The number of imidazole rings is 1. The summed E-state index contributed by atoms with van der Waals surface area (Å²) in [6.07, 6.45) is 3.32. The lowest BCUT2D eigenvalue weighted by molar-refractivity contribution is 0.251. The summed E-state index contributed by atoms with van der Waals surface area (Å²) in [5.41, 5.74) is 3.27. The molecule has 3 aromatic rings. The number of fused-ring (bicyclic) bond motifs is 1. The number of carbonyl (C=O) groups excluding carboxylic acids is 1. The van der Waals surface area contributed by atoms with Gasteiger partial charge in [-0.25, -0.2) is 9.78 Å². The van der Waals surface area contributed by atoms with Gasteiger partial charge in [-0.3, -0.25) is 4.98 Å². The number of amides is 2. The van der Waals surface area contributed by atoms with Crippen LogP contribution in [0.25, 0.3) is 11.0 Å². The van der Waals surface area contributed by atoms with Crippen molar-refractivity contribution >= 4 is 22.8 Å². The molecule has 1 aromatic carbocycles. The van der Waals surface area contributed by atoms with E-state index in [4.69, 9.17) is 0 Å². The smallest absolute Gasteiger partial charge is 0.319 e. The van der Waals surface area contributed by atoms with E-state index in [9.17, 15) is 4.79 Å². The minimum absolute atomic E-state index is 0.269.